The van der Waals surface area contributed by atoms with Crippen molar-refractivity contribution in [3.8, 4) is 11.5 Å². The van der Waals surface area contributed by atoms with Crippen LogP contribution in [0.2, 0.25) is 10.0 Å². The van der Waals surface area contributed by atoms with Crippen LogP contribution in [0.25, 0.3) is 6.08 Å². The topological polar surface area (TPSA) is 51.1 Å². The van der Waals surface area contributed by atoms with Gasteiger partial charge < -0.3 is 9.47 Å². The SMILES string of the molecule is CCOc1ccc(N=C2S/C(=C\c3cc(Cl)c(OCC)c(Cl)c3)C(=O)N2CC)cc1. The molecule has 0 spiro atoms. The van der Waals surface area contributed by atoms with Crippen LogP contribution < -0.4 is 9.47 Å². The maximum Gasteiger partial charge on any atom is 0.266 e. The number of aliphatic imine (C=N–C) groups is 1. The predicted octanol–water partition coefficient (Wildman–Crippen LogP) is 6.41. The molecule has 1 aliphatic heterocycles. The van der Waals surface area contributed by atoms with Gasteiger partial charge in [0, 0.05) is 6.54 Å². The van der Waals surface area contributed by atoms with Gasteiger partial charge in [-0.05, 0) is 80.6 Å². The van der Waals surface area contributed by atoms with Gasteiger partial charge in [-0.1, -0.05) is 23.2 Å². The van der Waals surface area contributed by atoms with Crippen LogP contribution in [0, 0.1) is 0 Å². The number of likely N-dealkylation sites (N-methyl/N-ethyl adjacent to an activating group) is 1. The molecule has 0 saturated carbocycles. The van der Waals surface area contributed by atoms with Crippen molar-refractivity contribution < 1.29 is 14.3 Å². The van der Waals surface area contributed by atoms with Crippen molar-refractivity contribution in [1.82, 2.24) is 4.90 Å². The lowest BCUT2D eigenvalue weighted by molar-refractivity contribution is -0.122. The van der Waals surface area contributed by atoms with Crippen LogP contribution >= 0.6 is 35.0 Å². The highest BCUT2D eigenvalue weighted by atomic mass is 35.5. The largest absolute Gasteiger partial charge is 0.494 e. The minimum atomic E-state index is -0.103. The summed E-state index contributed by atoms with van der Waals surface area (Å²) in [7, 11) is 0. The molecule has 2 aromatic carbocycles. The molecule has 158 valence electrons. The lowest BCUT2D eigenvalue weighted by Gasteiger charge is -2.12. The molecule has 1 amide bonds. The van der Waals surface area contributed by atoms with E-state index in [0.29, 0.717) is 45.6 Å². The molecule has 0 bridgehead atoms. The fourth-order valence-corrected chi connectivity index (χ4v) is 4.54. The third-order valence-electron chi connectivity index (χ3n) is 4.18. The van der Waals surface area contributed by atoms with E-state index in [0.717, 1.165) is 17.0 Å². The third kappa shape index (κ3) is 5.12. The number of ether oxygens (including phenoxy) is 2. The molecule has 1 saturated heterocycles. The molecule has 0 aromatic heterocycles. The number of hydrogen-bond acceptors (Lipinski definition) is 5. The van der Waals surface area contributed by atoms with E-state index >= 15 is 0 Å². The smallest absolute Gasteiger partial charge is 0.266 e. The van der Waals surface area contributed by atoms with Crippen LogP contribution in [0.4, 0.5) is 5.69 Å². The van der Waals surface area contributed by atoms with E-state index in [2.05, 4.69) is 4.99 Å². The molecule has 0 N–H and O–H groups in total. The molecule has 30 heavy (non-hydrogen) atoms. The van der Waals surface area contributed by atoms with Crippen LogP contribution in [-0.2, 0) is 4.79 Å². The molecule has 5 nitrogen and oxygen atoms in total. The van der Waals surface area contributed by atoms with Crippen molar-refractivity contribution in [2.75, 3.05) is 19.8 Å². The standard InChI is InChI=1S/C22H22Cl2N2O3S/c1-4-26-21(27)19(13-14-11-17(23)20(29-6-3)18(24)12-14)30-22(26)25-15-7-9-16(10-8-15)28-5-2/h7-13H,4-6H2,1-3H3/b19-13-,25-22?. The van der Waals surface area contributed by atoms with Gasteiger partial charge in [-0.2, -0.15) is 0 Å². The maximum atomic E-state index is 12.9. The van der Waals surface area contributed by atoms with Crippen molar-refractivity contribution in [2.24, 2.45) is 4.99 Å². The van der Waals surface area contributed by atoms with E-state index in [-0.39, 0.29) is 5.91 Å². The summed E-state index contributed by atoms with van der Waals surface area (Å²) in [4.78, 5) is 19.7. The van der Waals surface area contributed by atoms with E-state index in [9.17, 15) is 4.79 Å². The molecule has 0 aliphatic carbocycles. The molecule has 1 heterocycles. The Morgan fingerprint density at radius 3 is 2.23 bits per heavy atom. The third-order valence-corrected chi connectivity index (χ3v) is 5.75. The Hall–Kier alpha value is -2.15. The summed E-state index contributed by atoms with van der Waals surface area (Å²) in [6.07, 6.45) is 1.77. The molecular weight excluding hydrogens is 443 g/mol. The minimum Gasteiger partial charge on any atom is -0.494 e. The lowest BCUT2D eigenvalue weighted by Crippen LogP contribution is -2.28. The monoisotopic (exact) mass is 464 g/mol. The first-order valence-corrected chi connectivity index (χ1v) is 11.2. The summed E-state index contributed by atoms with van der Waals surface area (Å²) in [6, 6.07) is 10.9. The van der Waals surface area contributed by atoms with Crippen molar-refractivity contribution in [3.05, 3.63) is 56.9 Å². The quantitative estimate of drug-likeness (QED) is 0.443. The number of thioether (sulfide) groups is 1. The summed E-state index contributed by atoms with van der Waals surface area (Å²) in [5, 5.41) is 1.44. The summed E-state index contributed by atoms with van der Waals surface area (Å²) in [5.41, 5.74) is 1.48. The van der Waals surface area contributed by atoms with E-state index in [1.807, 2.05) is 45.0 Å². The van der Waals surface area contributed by atoms with E-state index in [1.54, 1.807) is 23.1 Å². The van der Waals surface area contributed by atoms with Gasteiger partial charge in [0.05, 0.1) is 33.9 Å². The number of nitrogens with zero attached hydrogens (tertiary/aromatic N) is 2. The van der Waals surface area contributed by atoms with Gasteiger partial charge in [-0.15, -0.1) is 0 Å². The Morgan fingerprint density at radius 2 is 1.67 bits per heavy atom. The molecule has 0 atom stereocenters. The molecule has 2 aromatic rings. The van der Waals surface area contributed by atoms with Crippen molar-refractivity contribution in [3.63, 3.8) is 0 Å². The summed E-state index contributed by atoms with van der Waals surface area (Å²) in [5.74, 6) is 1.13. The van der Waals surface area contributed by atoms with E-state index in [4.69, 9.17) is 32.7 Å². The first-order valence-electron chi connectivity index (χ1n) is 9.61. The number of halogens is 2. The maximum absolute atomic E-state index is 12.9. The van der Waals surface area contributed by atoms with Gasteiger partial charge in [-0.3, -0.25) is 9.69 Å². The molecule has 0 radical (unpaired) electrons. The van der Waals surface area contributed by atoms with Crippen LogP contribution in [0.1, 0.15) is 26.3 Å². The fourth-order valence-electron chi connectivity index (χ4n) is 2.86. The average molecular weight is 465 g/mol. The number of rotatable bonds is 7. The Kier molecular flexibility index (Phi) is 7.69. The van der Waals surface area contributed by atoms with E-state index in [1.165, 1.54) is 11.8 Å². The van der Waals surface area contributed by atoms with Crippen molar-refractivity contribution >= 4 is 57.8 Å². The summed E-state index contributed by atoms with van der Waals surface area (Å²) >= 11 is 13.9. The number of carbonyl (C=O) groups excluding carboxylic acids is 1. The molecule has 0 unspecified atom stereocenters. The zero-order valence-electron chi connectivity index (χ0n) is 16.9. The number of hydrogen-bond donors (Lipinski definition) is 0. The highest BCUT2D eigenvalue weighted by Gasteiger charge is 2.32. The highest BCUT2D eigenvalue weighted by molar-refractivity contribution is 8.18. The minimum absolute atomic E-state index is 0.103. The first kappa shape index (κ1) is 22.5. The molecule has 1 aliphatic rings. The van der Waals surface area contributed by atoms with Gasteiger partial charge in [0.25, 0.3) is 5.91 Å². The normalized spacial score (nSPS) is 16.6. The Morgan fingerprint density at radius 1 is 1.03 bits per heavy atom. The molecular formula is C22H22Cl2N2O3S. The molecule has 8 heteroatoms. The summed E-state index contributed by atoms with van der Waals surface area (Å²) in [6.45, 7) is 7.30. The van der Waals surface area contributed by atoms with Crippen molar-refractivity contribution in [2.45, 2.75) is 20.8 Å². The van der Waals surface area contributed by atoms with Gasteiger partial charge in [0.1, 0.15) is 5.75 Å². The number of carbonyl (C=O) groups is 1. The van der Waals surface area contributed by atoms with Crippen LogP contribution in [-0.4, -0.2) is 35.7 Å². The molecule has 3 rings (SSSR count). The van der Waals surface area contributed by atoms with Gasteiger partial charge in [-0.25, -0.2) is 4.99 Å². The number of amidine groups is 1. The Balaban J connectivity index is 1.88. The Bertz CT molecular complexity index is 967. The number of amides is 1. The zero-order valence-corrected chi connectivity index (χ0v) is 19.3. The van der Waals surface area contributed by atoms with Gasteiger partial charge in [0.2, 0.25) is 0 Å². The second kappa shape index (κ2) is 10.2. The Labute approximate surface area is 190 Å². The molecule has 1 fully saturated rings. The van der Waals surface area contributed by atoms with Crippen molar-refractivity contribution in [1.29, 1.82) is 0 Å². The lowest BCUT2D eigenvalue weighted by atomic mass is 10.2. The highest BCUT2D eigenvalue weighted by Crippen LogP contribution is 2.38. The second-order valence-electron chi connectivity index (χ2n) is 6.23. The van der Waals surface area contributed by atoms with Gasteiger partial charge >= 0.3 is 0 Å². The van der Waals surface area contributed by atoms with Crippen LogP contribution in [0.5, 0.6) is 11.5 Å². The summed E-state index contributed by atoms with van der Waals surface area (Å²) < 4.78 is 10.9. The fraction of sp³-hybridized carbons (Fsp3) is 0.273. The second-order valence-corrected chi connectivity index (χ2v) is 8.05. The van der Waals surface area contributed by atoms with Gasteiger partial charge in [0.15, 0.2) is 10.9 Å². The van der Waals surface area contributed by atoms with Crippen LogP contribution in [0.15, 0.2) is 46.3 Å². The predicted molar refractivity (Wildman–Crippen MR) is 125 cm³/mol. The first-order chi connectivity index (χ1) is 14.5. The number of benzene rings is 2. The average Bonchev–Trinajstić information content (AvgIpc) is 3.00. The zero-order chi connectivity index (χ0) is 21.7. The van der Waals surface area contributed by atoms with E-state index < -0.39 is 0 Å². The van der Waals surface area contributed by atoms with Crippen LogP contribution in [0.3, 0.4) is 0 Å².